The zero-order valence-electron chi connectivity index (χ0n) is 11.5. The summed E-state index contributed by atoms with van der Waals surface area (Å²) in [6.45, 7) is 0. The van der Waals surface area contributed by atoms with E-state index in [0.717, 1.165) is 40.9 Å². The third kappa shape index (κ3) is 1.32. The van der Waals surface area contributed by atoms with Gasteiger partial charge in [0, 0.05) is 16.7 Å². The molecule has 2 aromatic carbocycles. The lowest BCUT2D eigenvalue weighted by molar-refractivity contribution is 0.0988. The lowest BCUT2D eigenvalue weighted by atomic mass is 9.81. The van der Waals surface area contributed by atoms with Gasteiger partial charge < -0.3 is 0 Å². The highest BCUT2D eigenvalue weighted by atomic mass is 16.1. The Morgan fingerprint density at radius 2 is 1.86 bits per heavy atom. The first-order valence-corrected chi connectivity index (χ1v) is 7.39. The van der Waals surface area contributed by atoms with Crippen LogP contribution in [0.4, 0.5) is 0 Å². The standard InChI is InChI=1S/C19H13NO/c21-19-13-8-2-1-7-12(13)18-17(19)14-9-3-5-11-6-4-10-15(20-18)16(11)14/h1-3,5,7-10,17H,4,6H2. The van der Waals surface area contributed by atoms with Crippen LogP contribution in [0.2, 0.25) is 0 Å². The fourth-order valence-electron chi connectivity index (χ4n) is 3.85. The van der Waals surface area contributed by atoms with Gasteiger partial charge in [-0.05, 0) is 24.0 Å². The van der Waals surface area contributed by atoms with Crippen molar-refractivity contribution in [3.63, 3.8) is 0 Å². The van der Waals surface area contributed by atoms with Crippen molar-refractivity contribution in [2.45, 2.75) is 18.8 Å². The number of carbonyl (C=O) groups excluding carboxylic acids is 1. The van der Waals surface area contributed by atoms with Crippen LogP contribution in [0, 0.1) is 0 Å². The van der Waals surface area contributed by atoms with Crippen molar-refractivity contribution >= 4 is 17.2 Å². The monoisotopic (exact) mass is 271 g/mol. The molecule has 2 aromatic rings. The van der Waals surface area contributed by atoms with Crippen molar-refractivity contribution in [3.05, 3.63) is 76.4 Å². The molecule has 1 atom stereocenters. The molecule has 0 amide bonds. The molecule has 0 saturated carbocycles. The summed E-state index contributed by atoms with van der Waals surface area (Å²) < 4.78 is 0. The van der Waals surface area contributed by atoms with Gasteiger partial charge in [-0.1, -0.05) is 48.5 Å². The Morgan fingerprint density at radius 3 is 2.76 bits per heavy atom. The molecule has 2 nitrogen and oxygen atoms in total. The largest absolute Gasteiger partial charge is 0.293 e. The second-order valence-electron chi connectivity index (χ2n) is 5.85. The Bertz CT molecular complexity index is 873. The molecule has 0 radical (unpaired) electrons. The fraction of sp³-hybridized carbons (Fsp3) is 0.158. The Morgan fingerprint density at radius 1 is 1.00 bits per heavy atom. The van der Waals surface area contributed by atoms with E-state index in [1.807, 2.05) is 24.3 Å². The number of nitrogens with zero attached hydrogens (tertiary/aromatic N) is 1. The highest BCUT2D eigenvalue weighted by Crippen LogP contribution is 2.45. The quantitative estimate of drug-likeness (QED) is 0.717. The van der Waals surface area contributed by atoms with Gasteiger partial charge in [0.15, 0.2) is 5.78 Å². The van der Waals surface area contributed by atoms with Gasteiger partial charge in [0.05, 0.1) is 17.3 Å². The van der Waals surface area contributed by atoms with E-state index in [1.165, 1.54) is 11.1 Å². The lowest BCUT2D eigenvalue weighted by Gasteiger charge is -2.26. The number of carbonyl (C=O) groups is 1. The van der Waals surface area contributed by atoms with Crippen LogP contribution in [0.3, 0.4) is 0 Å². The van der Waals surface area contributed by atoms with E-state index in [9.17, 15) is 4.79 Å². The van der Waals surface area contributed by atoms with Crippen LogP contribution in [0.25, 0.3) is 5.70 Å². The summed E-state index contributed by atoms with van der Waals surface area (Å²) in [5.74, 6) is -0.00465. The number of aliphatic imine (C=N–C) groups is 1. The van der Waals surface area contributed by atoms with Crippen LogP contribution in [0.5, 0.6) is 0 Å². The van der Waals surface area contributed by atoms with E-state index in [0.29, 0.717) is 0 Å². The third-order valence-electron chi connectivity index (χ3n) is 4.75. The number of ketones is 1. The van der Waals surface area contributed by atoms with Crippen LogP contribution in [-0.4, -0.2) is 11.5 Å². The van der Waals surface area contributed by atoms with Gasteiger partial charge in [0.2, 0.25) is 0 Å². The molecule has 1 unspecified atom stereocenters. The molecule has 0 bridgehead atoms. The van der Waals surface area contributed by atoms with Crippen molar-refractivity contribution in [2.75, 3.05) is 0 Å². The number of fused-ring (bicyclic) bond motifs is 4. The minimum absolute atomic E-state index is 0.197. The average molecular weight is 271 g/mol. The second-order valence-corrected chi connectivity index (χ2v) is 5.85. The molecular formula is C19H13NO. The Balaban J connectivity index is 1.86. The average Bonchev–Trinajstić information content (AvgIpc) is 2.82. The normalized spacial score (nSPS) is 21.1. The summed E-state index contributed by atoms with van der Waals surface area (Å²) in [5.41, 5.74) is 7.50. The van der Waals surface area contributed by atoms with Gasteiger partial charge in [0.1, 0.15) is 0 Å². The third-order valence-corrected chi connectivity index (χ3v) is 4.75. The zero-order chi connectivity index (χ0) is 14.0. The Labute approximate surface area is 122 Å². The molecule has 1 aliphatic heterocycles. The van der Waals surface area contributed by atoms with E-state index >= 15 is 0 Å². The van der Waals surface area contributed by atoms with Gasteiger partial charge in [-0.2, -0.15) is 0 Å². The van der Waals surface area contributed by atoms with Crippen LogP contribution in [-0.2, 0) is 6.42 Å². The SMILES string of the molecule is O=C1c2ccccc2C2=NC3=CCCc4cccc(c43)C12. The van der Waals surface area contributed by atoms with Gasteiger partial charge in [-0.3, -0.25) is 9.79 Å². The van der Waals surface area contributed by atoms with Gasteiger partial charge in [-0.15, -0.1) is 0 Å². The minimum Gasteiger partial charge on any atom is -0.293 e. The lowest BCUT2D eigenvalue weighted by Crippen LogP contribution is -2.21. The van der Waals surface area contributed by atoms with Crippen LogP contribution in [0.1, 0.15) is 45.0 Å². The van der Waals surface area contributed by atoms with E-state index in [4.69, 9.17) is 4.99 Å². The van der Waals surface area contributed by atoms with E-state index < -0.39 is 0 Å². The van der Waals surface area contributed by atoms with Gasteiger partial charge in [-0.25, -0.2) is 0 Å². The highest BCUT2D eigenvalue weighted by molar-refractivity contribution is 6.33. The maximum Gasteiger partial charge on any atom is 0.177 e. The fourth-order valence-corrected chi connectivity index (χ4v) is 3.85. The van der Waals surface area contributed by atoms with Crippen LogP contribution < -0.4 is 0 Å². The van der Waals surface area contributed by atoms with Crippen LogP contribution >= 0.6 is 0 Å². The molecule has 0 fully saturated rings. The molecule has 0 spiro atoms. The molecular weight excluding hydrogens is 258 g/mol. The summed E-state index contributed by atoms with van der Waals surface area (Å²) in [5, 5.41) is 0. The molecule has 21 heavy (non-hydrogen) atoms. The molecule has 0 N–H and O–H groups in total. The first kappa shape index (κ1) is 11.2. The zero-order valence-corrected chi connectivity index (χ0v) is 11.5. The van der Waals surface area contributed by atoms with Crippen molar-refractivity contribution in [2.24, 2.45) is 4.99 Å². The summed E-state index contributed by atoms with van der Waals surface area (Å²) in [4.78, 5) is 17.7. The number of aryl methyl sites for hydroxylation is 1. The number of hydrogen-bond donors (Lipinski definition) is 0. The predicted molar refractivity (Wildman–Crippen MR) is 82.8 cm³/mol. The van der Waals surface area contributed by atoms with Gasteiger partial charge in [0.25, 0.3) is 0 Å². The Kier molecular flexibility index (Phi) is 2.02. The van der Waals surface area contributed by atoms with Crippen LogP contribution in [0.15, 0.2) is 53.5 Å². The topological polar surface area (TPSA) is 29.4 Å². The number of allylic oxidation sites excluding steroid dienone is 1. The Hall–Kier alpha value is -2.48. The molecule has 100 valence electrons. The molecule has 0 aromatic heterocycles. The number of rotatable bonds is 0. The molecule has 3 aliphatic rings. The minimum atomic E-state index is -0.201. The molecule has 5 rings (SSSR count). The predicted octanol–water partition coefficient (Wildman–Crippen LogP) is 3.76. The summed E-state index contributed by atoms with van der Waals surface area (Å²) in [6.07, 6.45) is 4.29. The summed E-state index contributed by atoms with van der Waals surface area (Å²) >= 11 is 0. The summed E-state index contributed by atoms with van der Waals surface area (Å²) in [7, 11) is 0. The second kappa shape index (κ2) is 3.79. The van der Waals surface area contributed by atoms with Crippen molar-refractivity contribution < 1.29 is 4.79 Å². The number of hydrogen-bond acceptors (Lipinski definition) is 2. The smallest absolute Gasteiger partial charge is 0.177 e. The molecule has 2 heteroatoms. The highest BCUT2D eigenvalue weighted by Gasteiger charge is 2.42. The maximum absolute atomic E-state index is 12.8. The summed E-state index contributed by atoms with van der Waals surface area (Å²) in [6, 6.07) is 14.2. The molecule has 0 saturated heterocycles. The van der Waals surface area contributed by atoms with Crippen molar-refractivity contribution in [3.8, 4) is 0 Å². The van der Waals surface area contributed by atoms with E-state index in [2.05, 4.69) is 24.3 Å². The van der Waals surface area contributed by atoms with Crippen molar-refractivity contribution in [1.29, 1.82) is 0 Å². The maximum atomic E-state index is 12.8. The van der Waals surface area contributed by atoms with E-state index in [1.54, 1.807) is 0 Å². The number of benzene rings is 2. The first-order valence-electron chi connectivity index (χ1n) is 7.39. The molecule has 1 heterocycles. The van der Waals surface area contributed by atoms with Crippen molar-refractivity contribution in [1.82, 2.24) is 0 Å². The van der Waals surface area contributed by atoms with E-state index in [-0.39, 0.29) is 11.7 Å². The first-order chi connectivity index (χ1) is 10.3. The number of Topliss-reactive ketones (excluding diaryl/α,β-unsaturated/α-hetero) is 1. The van der Waals surface area contributed by atoms with Gasteiger partial charge >= 0.3 is 0 Å². The molecule has 2 aliphatic carbocycles.